The molecule has 0 atom stereocenters. The number of hydrogen-bond donors (Lipinski definition) is 1. The molecule has 120 valence electrons. The first kappa shape index (κ1) is 15.6. The summed E-state index contributed by atoms with van der Waals surface area (Å²) >= 11 is 1.41. The Morgan fingerprint density at radius 2 is 1.78 bits per heavy atom. The second kappa shape index (κ2) is 5.42. The van der Waals surface area contributed by atoms with E-state index in [1.807, 2.05) is 41.7 Å². The van der Waals surface area contributed by atoms with Gasteiger partial charge in [-0.25, -0.2) is 9.97 Å². The third kappa shape index (κ3) is 2.50. The standard InChI is InChI=1S/C16H19N5OS/c1-7-12-8(2)17-11(5)18-16(12)23-14(7)15(22)19-13-9(3)20-21(6)10(13)4/h1-6H3,(H,19,22). The molecule has 0 saturated heterocycles. The minimum atomic E-state index is -0.123. The Morgan fingerprint density at radius 1 is 1.09 bits per heavy atom. The molecular weight excluding hydrogens is 310 g/mol. The van der Waals surface area contributed by atoms with Crippen molar-refractivity contribution in [3.05, 3.63) is 33.3 Å². The molecule has 0 bridgehead atoms. The van der Waals surface area contributed by atoms with Gasteiger partial charge in [0.1, 0.15) is 10.7 Å². The van der Waals surface area contributed by atoms with Gasteiger partial charge in [0.25, 0.3) is 5.91 Å². The van der Waals surface area contributed by atoms with E-state index in [0.29, 0.717) is 4.88 Å². The summed E-state index contributed by atoms with van der Waals surface area (Å²) in [5.41, 5.74) is 4.35. The summed E-state index contributed by atoms with van der Waals surface area (Å²) in [6.07, 6.45) is 0. The van der Waals surface area contributed by atoms with Crippen molar-refractivity contribution in [1.29, 1.82) is 0 Å². The highest BCUT2D eigenvalue weighted by atomic mass is 32.1. The highest BCUT2D eigenvalue weighted by molar-refractivity contribution is 7.20. The Kier molecular flexibility index (Phi) is 3.68. The zero-order chi connectivity index (χ0) is 16.9. The molecule has 7 heteroatoms. The summed E-state index contributed by atoms with van der Waals surface area (Å²) in [6.45, 7) is 9.59. The van der Waals surface area contributed by atoms with E-state index < -0.39 is 0 Å². The average Bonchev–Trinajstić information content (AvgIpc) is 2.91. The van der Waals surface area contributed by atoms with Crippen LogP contribution in [0, 0.1) is 34.6 Å². The Bertz CT molecular complexity index is 938. The van der Waals surface area contributed by atoms with Crippen molar-refractivity contribution >= 4 is 33.1 Å². The quantitative estimate of drug-likeness (QED) is 0.783. The van der Waals surface area contributed by atoms with E-state index in [2.05, 4.69) is 20.4 Å². The van der Waals surface area contributed by atoms with Gasteiger partial charge in [0.05, 0.1) is 22.0 Å². The van der Waals surface area contributed by atoms with Gasteiger partial charge in [0.15, 0.2) is 0 Å². The van der Waals surface area contributed by atoms with Gasteiger partial charge in [-0.3, -0.25) is 9.48 Å². The van der Waals surface area contributed by atoms with Crippen LogP contribution in [-0.4, -0.2) is 25.7 Å². The highest BCUT2D eigenvalue weighted by Gasteiger charge is 2.20. The maximum atomic E-state index is 12.7. The summed E-state index contributed by atoms with van der Waals surface area (Å²) in [6, 6.07) is 0. The molecule has 1 amide bonds. The lowest BCUT2D eigenvalue weighted by Crippen LogP contribution is -2.12. The number of nitrogens with one attached hydrogen (secondary N) is 1. The van der Waals surface area contributed by atoms with Crippen LogP contribution in [0.3, 0.4) is 0 Å². The fraction of sp³-hybridized carbons (Fsp3) is 0.375. The SMILES string of the molecule is Cc1nc(C)c2c(C)c(C(=O)Nc3c(C)nn(C)c3C)sc2n1. The third-order valence-corrected chi connectivity index (χ3v) is 5.22. The number of thiophene rings is 1. The first-order valence-electron chi connectivity index (χ1n) is 7.35. The van der Waals surface area contributed by atoms with Crippen LogP contribution in [0.4, 0.5) is 5.69 Å². The Hall–Kier alpha value is -2.28. The molecule has 3 heterocycles. The molecule has 0 spiro atoms. The van der Waals surface area contributed by atoms with Crippen LogP contribution in [-0.2, 0) is 7.05 Å². The fourth-order valence-corrected chi connectivity index (χ4v) is 3.99. The van der Waals surface area contributed by atoms with Crippen molar-refractivity contribution in [3.63, 3.8) is 0 Å². The molecule has 0 fully saturated rings. The lowest BCUT2D eigenvalue weighted by Gasteiger charge is -2.05. The molecular formula is C16H19N5OS. The van der Waals surface area contributed by atoms with Crippen LogP contribution < -0.4 is 5.32 Å². The molecule has 23 heavy (non-hydrogen) atoms. The van der Waals surface area contributed by atoms with Gasteiger partial charge in [-0.1, -0.05) is 0 Å². The Labute approximate surface area is 138 Å². The van der Waals surface area contributed by atoms with E-state index in [9.17, 15) is 4.79 Å². The van der Waals surface area contributed by atoms with Gasteiger partial charge in [-0.2, -0.15) is 5.10 Å². The van der Waals surface area contributed by atoms with E-state index in [1.54, 1.807) is 4.68 Å². The molecule has 3 aromatic rings. The van der Waals surface area contributed by atoms with Crippen molar-refractivity contribution in [3.8, 4) is 0 Å². The lowest BCUT2D eigenvalue weighted by atomic mass is 10.1. The summed E-state index contributed by atoms with van der Waals surface area (Å²) in [5.74, 6) is 0.601. The Balaban J connectivity index is 2.05. The maximum absolute atomic E-state index is 12.7. The zero-order valence-electron chi connectivity index (χ0n) is 14.1. The predicted octanol–water partition coefficient (Wildman–Crippen LogP) is 3.22. The van der Waals surface area contributed by atoms with E-state index in [1.165, 1.54) is 11.3 Å². The topological polar surface area (TPSA) is 72.7 Å². The van der Waals surface area contributed by atoms with E-state index >= 15 is 0 Å². The molecule has 0 aliphatic heterocycles. The molecule has 6 nitrogen and oxygen atoms in total. The van der Waals surface area contributed by atoms with Crippen LogP contribution in [0.1, 0.15) is 38.1 Å². The van der Waals surface area contributed by atoms with Crippen molar-refractivity contribution in [1.82, 2.24) is 19.7 Å². The van der Waals surface area contributed by atoms with Gasteiger partial charge in [0, 0.05) is 18.1 Å². The van der Waals surface area contributed by atoms with Gasteiger partial charge in [-0.15, -0.1) is 11.3 Å². The minimum Gasteiger partial charge on any atom is -0.318 e. The van der Waals surface area contributed by atoms with Crippen molar-refractivity contribution in [2.45, 2.75) is 34.6 Å². The monoisotopic (exact) mass is 329 g/mol. The van der Waals surface area contributed by atoms with Gasteiger partial charge >= 0.3 is 0 Å². The first-order chi connectivity index (χ1) is 10.8. The van der Waals surface area contributed by atoms with Crippen molar-refractivity contribution in [2.24, 2.45) is 7.05 Å². The Morgan fingerprint density at radius 3 is 2.39 bits per heavy atom. The van der Waals surface area contributed by atoms with Crippen molar-refractivity contribution < 1.29 is 4.79 Å². The minimum absolute atomic E-state index is 0.123. The highest BCUT2D eigenvalue weighted by Crippen LogP contribution is 2.32. The van der Waals surface area contributed by atoms with Gasteiger partial charge in [-0.05, 0) is 40.2 Å². The summed E-state index contributed by atoms with van der Waals surface area (Å²) in [7, 11) is 1.87. The van der Waals surface area contributed by atoms with Crippen LogP contribution in [0.2, 0.25) is 0 Å². The van der Waals surface area contributed by atoms with Crippen LogP contribution in [0.25, 0.3) is 10.2 Å². The summed E-state index contributed by atoms with van der Waals surface area (Å²) in [4.78, 5) is 23.1. The number of aromatic nitrogens is 4. The lowest BCUT2D eigenvalue weighted by molar-refractivity contribution is 0.103. The molecule has 1 N–H and O–H groups in total. The molecule has 0 unspecified atom stereocenters. The van der Waals surface area contributed by atoms with Gasteiger partial charge in [0.2, 0.25) is 0 Å². The number of rotatable bonds is 2. The number of carbonyl (C=O) groups is 1. The first-order valence-corrected chi connectivity index (χ1v) is 8.17. The average molecular weight is 329 g/mol. The molecule has 0 aliphatic rings. The van der Waals surface area contributed by atoms with E-state index in [-0.39, 0.29) is 5.91 Å². The number of aryl methyl sites for hydroxylation is 5. The number of amides is 1. The second-order valence-electron chi connectivity index (χ2n) is 5.72. The third-order valence-electron chi connectivity index (χ3n) is 4.04. The van der Waals surface area contributed by atoms with Crippen LogP contribution in [0.15, 0.2) is 0 Å². The fourth-order valence-electron chi connectivity index (χ4n) is 2.82. The predicted molar refractivity (Wildman–Crippen MR) is 92.3 cm³/mol. The molecule has 0 aliphatic carbocycles. The number of fused-ring (bicyclic) bond motifs is 1. The number of nitrogens with zero attached hydrogens (tertiary/aromatic N) is 4. The van der Waals surface area contributed by atoms with Crippen LogP contribution >= 0.6 is 11.3 Å². The van der Waals surface area contributed by atoms with E-state index in [0.717, 1.165) is 44.4 Å². The van der Waals surface area contributed by atoms with Gasteiger partial charge < -0.3 is 5.32 Å². The molecule has 0 aromatic carbocycles. The summed E-state index contributed by atoms with van der Waals surface area (Å²) in [5, 5.41) is 8.30. The molecule has 0 saturated carbocycles. The number of anilines is 1. The largest absolute Gasteiger partial charge is 0.318 e. The molecule has 0 radical (unpaired) electrons. The smallest absolute Gasteiger partial charge is 0.266 e. The van der Waals surface area contributed by atoms with Crippen LogP contribution in [0.5, 0.6) is 0 Å². The molecule has 3 rings (SSSR count). The second-order valence-corrected chi connectivity index (χ2v) is 6.72. The number of carbonyl (C=O) groups excluding carboxylic acids is 1. The van der Waals surface area contributed by atoms with E-state index in [4.69, 9.17) is 0 Å². The maximum Gasteiger partial charge on any atom is 0.266 e. The summed E-state index contributed by atoms with van der Waals surface area (Å²) < 4.78 is 1.77. The molecule has 3 aromatic heterocycles. The normalized spacial score (nSPS) is 11.2. The number of hydrogen-bond acceptors (Lipinski definition) is 5. The zero-order valence-corrected chi connectivity index (χ0v) is 14.9. The van der Waals surface area contributed by atoms with Crippen molar-refractivity contribution in [2.75, 3.05) is 5.32 Å².